The highest BCUT2D eigenvalue weighted by atomic mass is 16.4. The Morgan fingerprint density at radius 2 is 1.52 bits per heavy atom. The Morgan fingerprint density at radius 1 is 1.00 bits per heavy atom. The molecule has 5 nitrogen and oxygen atoms in total. The molecule has 1 N–H and O–H groups in total. The van der Waals surface area contributed by atoms with E-state index >= 15 is 0 Å². The summed E-state index contributed by atoms with van der Waals surface area (Å²) in [7, 11) is 0. The number of rotatable bonds is 7. The van der Waals surface area contributed by atoms with E-state index in [-0.39, 0.29) is 19.0 Å². The maximum Gasteiger partial charge on any atom is 0.311 e. The molecule has 3 rings (SSSR count). The number of amides is 1. The molecule has 0 aromatic heterocycles. The Labute approximate surface area is 160 Å². The molecule has 0 bridgehead atoms. The van der Waals surface area contributed by atoms with E-state index in [1.165, 1.54) is 0 Å². The van der Waals surface area contributed by atoms with E-state index in [1.807, 2.05) is 36.4 Å². The summed E-state index contributed by atoms with van der Waals surface area (Å²) in [6.45, 7) is 4.13. The summed E-state index contributed by atoms with van der Waals surface area (Å²) in [6, 6.07) is 20.2. The zero-order chi connectivity index (χ0) is 19.3. The monoisotopic (exact) mass is 366 g/mol. The maximum atomic E-state index is 12.8. The number of hydrogen-bond acceptors (Lipinski definition) is 3. The van der Waals surface area contributed by atoms with Crippen LogP contribution in [0.25, 0.3) is 0 Å². The normalized spacial score (nSPS) is 19.4. The molecule has 1 aliphatic rings. The number of hydrogen-bond donors (Lipinski definition) is 1. The number of carbonyl (C=O) groups is 2. The Balaban J connectivity index is 1.69. The van der Waals surface area contributed by atoms with Crippen molar-refractivity contribution in [2.24, 2.45) is 5.41 Å². The summed E-state index contributed by atoms with van der Waals surface area (Å²) >= 11 is 0. The highest BCUT2D eigenvalue weighted by molar-refractivity contribution is 5.81. The molecule has 27 heavy (non-hydrogen) atoms. The van der Waals surface area contributed by atoms with E-state index in [9.17, 15) is 14.7 Å². The lowest BCUT2D eigenvalue weighted by Gasteiger charge is -2.26. The Morgan fingerprint density at radius 3 is 1.96 bits per heavy atom. The second kappa shape index (κ2) is 8.35. The first kappa shape index (κ1) is 19.1. The van der Waals surface area contributed by atoms with Crippen LogP contribution in [0.15, 0.2) is 60.7 Å². The summed E-state index contributed by atoms with van der Waals surface area (Å²) in [6.07, 6.45) is 0.505. The molecule has 2 aromatic carbocycles. The standard InChI is InChI=1S/C22H26N2O3/c1-22(21(26)27)12-13-24(17-22)20(25)16-23(14-18-8-4-2-5-9-18)15-19-10-6-3-7-11-19/h2-11H,12-17H2,1H3,(H,26,27). The van der Waals surface area contributed by atoms with E-state index < -0.39 is 11.4 Å². The van der Waals surface area contributed by atoms with Gasteiger partial charge in [-0.15, -0.1) is 0 Å². The number of benzene rings is 2. The maximum absolute atomic E-state index is 12.8. The molecule has 142 valence electrons. The van der Waals surface area contributed by atoms with Crippen LogP contribution in [0, 0.1) is 5.41 Å². The van der Waals surface area contributed by atoms with Gasteiger partial charge in [-0.3, -0.25) is 14.5 Å². The quantitative estimate of drug-likeness (QED) is 0.818. The first-order valence-corrected chi connectivity index (χ1v) is 9.28. The fourth-order valence-corrected chi connectivity index (χ4v) is 3.49. The van der Waals surface area contributed by atoms with E-state index in [4.69, 9.17) is 0 Å². The summed E-state index contributed by atoms with van der Waals surface area (Å²) in [5, 5.41) is 9.40. The number of nitrogens with zero attached hydrogens (tertiary/aromatic N) is 2. The summed E-state index contributed by atoms with van der Waals surface area (Å²) in [4.78, 5) is 28.1. The van der Waals surface area contributed by atoms with Crippen molar-refractivity contribution in [1.29, 1.82) is 0 Å². The third-order valence-electron chi connectivity index (χ3n) is 5.20. The molecule has 0 saturated carbocycles. The number of carboxylic acid groups (broad SMARTS) is 1. The Bertz CT molecular complexity index is 737. The van der Waals surface area contributed by atoms with Crippen LogP contribution in [0.2, 0.25) is 0 Å². The fourth-order valence-electron chi connectivity index (χ4n) is 3.49. The molecule has 0 radical (unpaired) electrons. The van der Waals surface area contributed by atoms with E-state index in [0.29, 0.717) is 26.1 Å². The van der Waals surface area contributed by atoms with Gasteiger partial charge in [0, 0.05) is 26.2 Å². The average Bonchev–Trinajstić information content (AvgIpc) is 3.07. The number of likely N-dealkylation sites (tertiary alicyclic amines) is 1. The smallest absolute Gasteiger partial charge is 0.311 e. The molecule has 1 saturated heterocycles. The van der Waals surface area contributed by atoms with Gasteiger partial charge in [0.15, 0.2) is 0 Å². The zero-order valence-corrected chi connectivity index (χ0v) is 15.7. The molecule has 2 aromatic rings. The Kier molecular flexibility index (Phi) is 5.91. The van der Waals surface area contributed by atoms with Crippen LogP contribution in [0.3, 0.4) is 0 Å². The van der Waals surface area contributed by atoms with Crippen molar-refractivity contribution in [3.05, 3.63) is 71.8 Å². The first-order chi connectivity index (χ1) is 13.0. The second-order valence-electron chi connectivity index (χ2n) is 7.55. The molecule has 1 amide bonds. The molecule has 1 heterocycles. The summed E-state index contributed by atoms with van der Waals surface area (Å²) in [5.41, 5.74) is 1.47. The van der Waals surface area contributed by atoms with Crippen molar-refractivity contribution in [3.8, 4) is 0 Å². The lowest BCUT2D eigenvalue weighted by molar-refractivity contribution is -0.147. The van der Waals surface area contributed by atoms with Gasteiger partial charge < -0.3 is 10.0 Å². The minimum absolute atomic E-state index is 0.00756. The fraction of sp³-hybridized carbons (Fsp3) is 0.364. The molecule has 1 fully saturated rings. The van der Waals surface area contributed by atoms with Gasteiger partial charge in [-0.25, -0.2) is 0 Å². The van der Waals surface area contributed by atoms with Gasteiger partial charge in [-0.05, 0) is 24.5 Å². The van der Waals surface area contributed by atoms with E-state index in [0.717, 1.165) is 11.1 Å². The molecule has 5 heteroatoms. The predicted molar refractivity (Wildman–Crippen MR) is 104 cm³/mol. The number of carbonyl (C=O) groups excluding carboxylic acids is 1. The van der Waals surface area contributed by atoms with Crippen molar-refractivity contribution in [2.75, 3.05) is 19.6 Å². The largest absolute Gasteiger partial charge is 0.481 e. The van der Waals surface area contributed by atoms with Crippen LogP contribution in [-0.2, 0) is 22.7 Å². The molecular weight excluding hydrogens is 340 g/mol. The molecule has 0 spiro atoms. The molecule has 1 aliphatic heterocycles. The van der Waals surface area contributed by atoms with Crippen LogP contribution in [0.5, 0.6) is 0 Å². The van der Waals surface area contributed by atoms with Crippen LogP contribution in [0.1, 0.15) is 24.5 Å². The highest BCUT2D eigenvalue weighted by Crippen LogP contribution is 2.30. The summed E-state index contributed by atoms with van der Waals surface area (Å²) < 4.78 is 0. The van der Waals surface area contributed by atoms with Crippen molar-refractivity contribution < 1.29 is 14.7 Å². The van der Waals surface area contributed by atoms with E-state index in [1.54, 1.807) is 11.8 Å². The lowest BCUT2D eigenvalue weighted by Crippen LogP contribution is -2.40. The van der Waals surface area contributed by atoms with Crippen molar-refractivity contribution in [2.45, 2.75) is 26.4 Å². The third-order valence-corrected chi connectivity index (χ3v) is 5.20. The first-order valence-electron chi connectivity index (χ1n) is 9.28. The van der Waals surface area contributed by atoms with Gasteiger partial charge in [0.05, 0.1) is 12.0 Å². The second-order valence-corrected chi connectivity index (χ2v) is 7.55. The number of aliphatic carboxylic acids is 1. The zero-order valence-electron chi connectivity index (χ0n) is 15.7. The van der Waals surface area contributed by atoms with Gasteiger partial charge in [-0.1, -0.05) is 60.7 Å². The van der Waals surface area contributed by atoms with Crippen molar-refractivity contribution in [1.82, 2.24) is 9.80 Å². The van der Waals surface area contributed by atoms with Gasteiger partial charge >= 0.3 is 5.97 Å². The van der Waals surface area contributed by atoms with Crippen molar-refractivity contribution in [3.63, 3.8) is 0 Å². The Hall–Kier alpha value is -2.66. The van der Waals surface area contributed by atoms with Crippen LogP contribution >= 0.6 is 0 Å². The molecular formula is C22H26N2O3. The SMILES string of the molecule is CC1(C(=O)O)CCN(C(=O)CN(Cc2ccccc2)Cc2ccccc2)C1. The van der Waals surface area contributed by atoms with Gasteiger partial charge in [0.25, 0.3) is 0 Å². The van der Waals surface area contributed by atoms with Crippen LogP contribution in [-0.4, -0.2) is 46.4 Å². The van der Waals surface area contributed by atoms with E-state index in [2.05, 4.69) is 29.2 Å². The topological polar surface area (TPSA) is 60.9 Å². The van der Waals surface area contributed by atoms with Crippen molar-refractivity contribution >= 4 is 11.9 Å². The number of carboxylic acids is 1. The van der Waals surface area contributed by atoms with Gasteiger partial charge in [-0.2, -0.15) is 0 Å². The third kappa shape index (κ3) is 4.95. The average molecular weight is 366 g/mol. The molecule has 1 atom stereocenters. The van der Waals surface area contributed by atoms with Gasteiger partial charge in [0.1, 0.15) is 0 Å². The minimum Gasteiger partial charge on any atom is -0.481 e. The molecule has 1 unspecified atom stereocenters. The van der Waals surface area contributed by atoms with Crippen LogP contribution in [0.4, 0.5) is 0 Å². The highest BCUT2D eigenvalue weighted by Gasteiger charge is 2.42. The van der Waals surface area contributed by atoms with Gasteiger partial charge in [0.2, 0.25) is 5.91 Å². The predicted octanol–water partition coefficient (Wildman–Crippen LogP) is 3.01. The minimum atomic E-state index is -0.834. The lowest BCUT2D eigenvalue weighted by atomic mass is 9.90. The van der Waals surface area contributed by atoms with Crippen LogP contribution < -0.4 is 0 Å². The molecule has 0 aliphatic carbocycles. The summed E-state index contributed by atoms with van der Waals surface area (Å²) in [5.74, 6) is -0.838.